The van der Waals surface area contributed by atoms with E-state index in [2.05, 4.69) is 20.8 Å². The number of carbonyl (C=O) groups is 1. The standard InChI is InChI=1S/C13H24O2/c1-9(2)7-12(13(14)15)11-6-4-5-10(3)8-11/h9-12H,4-8H2,1-3H3,(H,14,15). The van der Waals surface area contributed by atoms with Crippen molar-refractivity contribution < 1.29 is 9.90 Å². The van der Waals surface area contributed by atoms with Crippen LogP contribution in [0.3, 0.4) is 0 Å². The van der Waals surface area contributed by atoms with Gasteiger partial charge in [-0.05, 0) is 37.0 Å². The van der Waals surface area contributed by atoms with Gasteiger partial charge in [-0.2, -0.15) is 0 Å². The van der Waals surface area contributed by atoms with Gasteiger partial charge in [-0.1, -0.05) is 33.6 Å². The zero-order valence-corrected chi connectivity index (χ0v) is 10.2. The van der Waals surface area contributed by atoms with E-state index in [1.807, 2.05) is 0 Å². The van der Waals surface area contributed by atoms with Crippen molar-refractivity contribution in [2.75, 3.05) is 0 Å². The predicted octanol–water partition coefficient (Wildman–Crippen LogP) is 3.56. The van der Waals surface area contributed by atoms with Crippen molar-refractivity contribution in [3.63, 3.8) is 0 Å². The lowest BCUT2D eigenvalue weighted by atomic mass is 9.73. The Labute approximate surface area is 93.1 Å². The molecule has 0 aromatic carbocycles. The molecule has 88 valence electrons. The molecule has 0 saturated heterocycles. The molecular formula is C13H24O2. The summed E-state index contributed by atoms with van der Waals surface area (Å²) in [6.45, 7) is 6.48. The minimum atomic E-state index is -0.581. The van der Waals surface area contributed by atoms with Gasteiger partial charge >= 0.3 is 5.97 Å². The molecule has 1 aliphatic rings. The van der Waals surface area contributed by atoms with E-state index in [0.29, 0.717) is 11.8 Å². The van der Waals surface area contributed by atoms with Crippen molar-refractivity contribution in [1.82, 2.24) is 0 Å². The highest BCUT2D eigenvalue weighted by atomic mass is 16.4. The Hall–Kier alpha value is -0.530. The molecule has 3 unspecified atom stereocenters. The third-order valence-corrected chi connectivity index (χ3v) is 3.59. The van der Waals surface area contributed by atoms with Crippen molar-refractivity contribution >= 4 is 5.97 Å². The number of hydrogen-bond donors (Lipinski definition) is 1. The summed E-state index contributed by atoms with van der Waals surface area (Å²) in [5.41, 5.74) is 0. The molecule has 3 atom stereocenters. The van der Waals surface area contributed by atoms with Crippen molar-refractivity contribution in [3.05, 3.63) is 0 Å². The van der Waals surface area contributed by atoms with Gasteiger partial charge in [-0.15, -0.1) is 0 Å². The molecule has 0 aromatic rings. The van der Waals surface area contributed by atoms with Gasteiger partial charge in [-0.25, -0.2) is 0 Å². The van der Waals surface area contributed by atoms with Gasteiger partial charge < -0.3 is 5.11 Å². The quantitative estimate of drug-likeness (QED) is 0.773. The molecule has 0 spiro atoms. The fourth-order valence-corrected chi connectivity index (χ4v) is 2.85. The maximum absolute atomic E-state index is 11.2. The van der Waals surface area contributed by atoms with Crippen LogP contribution < -0.4 is 0 Å². The van der Waals surface area contributed by atoms with Gasteiger partial charge in [-0.3, -0.25) is 4.79 Å². The van der Waals surface area contributed by atoms with Crippen LogP contribution in [0.1, 0.15) is 52.9 Å². The van der Waals surface area contributed by atoms with Crippen LogP contribution in [-0.4, -0.2) is 11.1 Å². The molecular weight excluding hydrogens is 188 g/mol. The maximum Gasteiger partial charge on any atom is 0.306 e. The van der Waals surface area contributed by atoms with Gasteiger partial charge in [0, 0.05) is 0 Å². The first-order valence-corrected chi connectivity index (χ1v) is 6.23. The molecule has 0 aliphatic heterocycles. The van der Waals surface area contributed by atoms with E-state index in [-0.39, 0.29) is 5.92 Å². The number of aliphatic carboxylic acids is 1. The Balaban J connectivity index is 2.58. The number of hydrogen-bond acceptors (Lipinski definition) is 1. The summed E-state index contributed by atoms with van der Waals surface area (Å²) < 4.78 is 0. The summed E-state index contributed by atoms with van der Waals surface area (Å²) in [4.78, 5) is 11.2. The third-order valence-electron chi connectivity index (χ3n) is 3.59. The first-order chi connectivity index (χ1) is 7.00. The van der Waals surface area contributed by atoms with Crippen LogP contribution in [0.2, 0.25) is 0 Å². The zero-order chi connectivity index (χ0) is 11.4. The van der Waals surface area contributed by atoms with Gasteiger partial charge in [0.25, 0.3) is 0 Å². The van der Waals surface area contributed by atoms with Crippen molar-refractivity contribution in [1.29, 1.82) is 0 Å². The van der Waals surface area contributed by atoms with Crippen LogP contribution >= 0.6 is 0 Å². The first kappa shape index (κ1) is 12.5. The van der Waals surface area contributed by atoms with Crippen LogP contribution in [0.5, 0.6) is 0 Å². The summed E-state index contributed by atoms with van der Waals surface area (Å²) in [6, 6.07) is 0. The van der Waals surface area contributed by atoms with Crippen LogP contribution in [0.4, 0.5) is 0 Å². The monoisotopic (exact) mass is 212 g/mol. The second-order valence-corrected chi connectivity index (χ2v) is 5.61. The summed E-state index contributed by atoms with van der Waals surface area (Å²) in [7, 11) is 0. The molecule has 0 bridgehead atoms. The predicted molar refractivity (Wildman–Crippen MR) is 61.7 cm³/mol. The van der Waals surface area contributed by atoms with E-state index in [4.69, 9.17) is 0 Å². The zero-order valence-electron chi connectivity index (χ0n) is 10.2. The summed E-state index contributed by atoms with van der Waals surface area (Å²) >= 11 is 0. The molecule has 1 saturated carbocycles. The fourth-order valence-electron chi connectivity index (χ4n) is 2.85. The molecule has 15 heavy (non-hydrogen) atoms. The number of rotatable bonds is 4. The summed E-state index contributed by atoms with van der Waals surface area (Å²) in [5.74, 6) is 0.949. The highest BCUT2D eigenvalue weighted by Crippen LogP contribution is 2.36. The van der Waals surface area contributed by atoms with Crippen molar-refractivity contribution in [2.24, 2.45) is 23.7 Å². The van der Waals surface area contributed by atoms with Crippen LogP contribution in [-0.2, 0) is 4.79 Å². The van der Waals surface area contributed by atoms with E-state index >= 15 is 0 Å². The Morgan fingerprint density at radius 2 is 2.07 bits per heavy atom. The minimum absolute atomic E-state index is 0.104. The molecule has 1 N–H and O–H groups in total. The van der Waals surface area contributed by atoms with Crippen molar-refractivity contribution in [2.45, 2.75) is 52.9 Å². The molecule has 2 heteroatoms. The average molecular weight is 212 g/mol. The molecule has 1 rings (SSSR count). The number of carboxylic acids is 1. The Morgan fingerprint density at radius 3 is 2.53 bits per heavy atom. The largest absolute Gasteiger partial charge is 0.481 e. The molecule has 2 nitrogen and oxygen atoms in total. The lowest BCUT2D eigenvalue weighted by Gasteiger charge is -2.31. The van der Waals surface area contributed by atoms with E-state index in [0.717, 1.165) is 25.2 Å². The SMILES string of the molecule is CC(C)CC(C(=O)O)C1CCCC(C)C1. The topological polar surface area (TPSA) is 37.3 Å². The summed E-state index contributed by atoms with van der Waals surface area (Å²) in [5, 5.41) is 9.26. The smallest absolute Gasteiger partial charge is 0.306 e. The van der Waals surface area contributed by atoms with Gasteiger partial charge in [0.15, 0.2) is 0 Å². The molecule has 0 heterocycles. The molecule has 0 radical (unpaired) electrons. The molecule has 1 fully saturated rings. The van der Waals surface area contributed by atoms with Gasteiger partial charge in [0.2, 0.25) is 0 Å². The second kappa shape index (κ2) is 5.53. The van der Waals surface area contributed by atoms with Crippen LogP contribution in [0, 0.1) is 23.7 Å². The summed E-state index contributed by atoms with van der Waals surface area (Å²) in [6.07, 6.45) is 5.57. The van der Waals surface area contributed by atoms with Crippen LogP contribution in [0.15, 0.2) is 0 Å². The average Bonchev–Trinajstić information content (AvgIpc) is 2.13. The molecule has 1 aliphatic carbocycles. The Kier molecular flexibility index (Phi) is 4.62. The van der Waals surface area contributed by atoms with Crippen molar-refractivity contribution in [3.8, 4) is 0 Å². The third kappa shape index (κ3) is 3.84. The van der Waals surface area contributed by atoms with E-state index in [1.54, 1.807) is 0 Å². The Morgan fingerprint density at radius 1 is 1.40 bits per heavy atom. The highest BCUT2D eigenvalue weighted by molar-refractivity contribution is 5.70. The molecule has 0 aromatic heterocycles. The van der Waals surface area contributed by atoms with E-state index in [1.165, 1.54) is 12.8 Å². The normalized spacial score (nSPS) is 29.1. The van der Waals surface area contributed by atoms with Gasteiger partial charge in [0.05, 0.1) is 5.92 Å². The molecule has 0 amide bonds. The van der Waals surface area contributed by atoms with E-state index in [9.17, 15) is 9.90 Å². The Bertz CT molecular complexity index is 211. The highest BCUT2D eigenvalue weighted by Gasteiger charge is 2.31. The fraction of sp³-hybridized carbons (Fsp3) is 0.923. The van der Waals surface area contributed by atoms with Crippen LogP contribution in [0.25, 0.3) is 0 Å². The second-order valence-electron chi connectivity index (χ2n) is 5.61. The minimum Gasteiger partial charge on any atom is -0.481 e. The van der Waals surface area contributed by atoms with Gasteiger partial charge in [0.1, 0.15) is 0 Å². The maximum atomic E-state index is 11.2. The lowest BCUT2D eigenvalue weighted by Crippen LogP contribution is -2.29. The number of carboxylic acid groups (broad SMARTS) is 1. The van der Waals surface area contributed by atoms with E-state index < -0.39 is 5.97 Å². The first-order valence-electron chi connectivity index (χ1n) is 6.23. The lowest BCUT2D eigenvalue weighted by molar-refractivity contribution is -0.145.